The van der Waals surface area contributed by atoms with Crippen LogP contribution in [0.5, 0.6) is 0 Å². The number of carbonyl (C=O) groups excluding carboxylic acids is 2. The zero-order chi connectivity index (χ0) is 14.0. The molecule has 0 aromatic rings. The lowest BCUT2D eigenvalue weighted by molar-refractivity contribution is -0.142. The Hall–Kier alpha value is -1.41. The number of imide groups is 1. The standard InChI is InChI=1S/C14H21N3O2/c1-3-10-4-5-11(7-15)12(6-10)17-8-13(18)16-14(19)9(17)2/h9-12H,3-6,8H2,1-2H3,(H,16,18,19). The molecule has 1 heterocycles. The smallest absolute Gasteiger partial charge is 0.243 e. The largest absolute Gasteiger partial charge is 0.294 e. The van der Waals surface area contributed by atoms with Gasteiger partial charge in [0.15, 0.2) is 0 Å². The number of hydrogen-bond donors (Lipinski definition) is 1. The number of amides is 2. The molecule has 2 amide bonds. The first kappa shape index (κ1) is 14.0. The SMILES string of the molecule is CCC1CCC(C#N)C(N2CC(=O)NC(=O)C2C)C1. The summed E-state index contributed by atoms with van der Waals surface area (Å²) < 4.78 is 0. The molecule has 1 N–H and O–H groups in total. The molecule has 4 unspecified atom stereocenters. The van der Waals surface area contributed by atoms with Crippen LogP contribution in [0.2, 0.25) is 0 Å². The molecule has 0 spiro atoms. The predicted molar refractivity (Wildman–Crippen MR) is 69.8 cm³/mol. The number of nitrogens with zero attached hydrogens (tertiary/aromatic N) is 2. The van der Waals surface area contributed by atoms with E-state index in [1.807, 2.05) is 11.8 Å². The molecular weight excluding hydrogens is 242 g/mol. The van der Waals surface area contributed by atoms with Crippen LogP contribution in [0.25, 0.3) is 0 Å². The third-order valence-corrected chi connectivity index (χ3v) is 4.56. The average molecular weight is 263 g/mol. The first-order valence-electron chi connectivity index (χ1n) is 7.05. The molecule has 1 saturated carbocycles. The van der Waals surface area contributed by atoms with Gasteiger partial charge in [-0.25, -0.2) is 0 Å². The van der Waals surface area contributed by atoms with Gasteiger partial charge < -0.3 is 0 Å². The molecule has 0 bridgehead atoms. The van der Waals surface area contributed by atoms with Crippen LogP contribution in [-0.2, 0) is 9.59 Å². The molecule has 0 aromatic heterocycles. The highest BCUT2D eigenvalue weighted by Crippen LogP contribution is 2.35. The minimum Gasteiger partial charge on any atom is -0.294 e. The van der Waals surface area contributed by atoms with Gasteiger partial charge in [0.2, 0.25) is 11.8 Å². The Balaban J connectivity index is 2.18. The van der Waals surface area contributed by atoms with Crippen molar-refractivity contribution in [1.29, 1.82) is 5.26 Å². The fourth-order valence-corrected chi connectivity index (χ4v) is 3.26. The second-order valence-corrected chi connectivity index (χ2v) is 5.65. The van der Waals surface area contributed by atoms with Crippen molar-refractivity contribution in [2.24, 2.45) is 11.8 Å². The minimum atomic E-state index is -0.325. The van der Waals surface area contributed by atoms with Gasteiger partial charge in [-0.15, -0.1) is 0 Å². The van der Waals surface area contributed by atoms with E-state index >= 15 is 0 Å². The molecule has 19 heavy (non-hydrogen) atoms. The van der Waals surface area contributed by atoms with E-state index in [-0.39, 0.29) is 36.4 Å². The molecule has 1 aliphatic heterocycles. The topological polar surface area (TPSA) is 73.2 Å². The van der Waals surface area contributed by atoms with Gasteiger partial charge in [0.1, 0.15) is 0 Å². The Morgan fingerprint density at radius 3 is 2.79 bits per heavy atom. The summed E-state index contributed by atoms with van der Waals surface area (Å²) in [5, 5.41) is 11.7. The van der Waals surface area contributed by atoms with E-state index in [9.17, 15) is 14.9 Å². The van der Waals surface area contributed by atoms with Crippen LogP contribution in [-0.4, -0.2) is 35.3 Å². The van der Waals surface area contributed by atoms with Crippen molar-refractivity contribution in [1.82, 2.24) is 10.2 Å². The summed E-state index contributed by atoms with van der Waals surface area (Å²) in [6.45, 7) is 4.20. The molecule has 104 valence electrons. The maximum absolute atomic E-state index is 11.7. The van der Waals surface area contributed by atoms with Gasteiger partial charge in [0.25, 0.3) is 0 Å². The van der Waals surface area contributed by atoms with Crippen LogP contribution in [0, 0.1) is 23.2 Å². The number of nitriles is 1. The lowest BCUT2D eigenvalue weighted by Crippen LogP contribution is -2.61. The van der Waals surface area contributed by atoms with Gasteiger partial charge in [-0.2, -0.15) is 5.26 Å². The van der Waals surface area contributed by atoms with Crippen LogP contribution in [0.1, 0.15) is 39.5 Å². The summed E-state index contributed by atoms with van der Waals surface area (Å²) in [6, 6.07) is 2.07. The van der Waals surface area contributed by atoms with Gasteiger partial charge in [-0.05, 0) is 32.1 Å². The van der Waals surface area contributed by atoms with Gasteiger partial charge in [-0.3, -0.25) is 19.8 Å². The lowest BCUT2D eigenvalue weighted by Gasteiger charge is -2.43. The van der Waals surface area contributed by atoms with Crippen molar-refractivity contribution in [2.75, 3.05) is 6.54 Å². The average Bonchev–Trinajstić information content (AvgIpc) is 2.42. The monoisotopic (exact) mass is 263 g/mol. The van der Waals surface area contributed by atoms with E-state index in [4.69, 9.17) is 0 Å². The number of rotatable bonds is 2. The fourth-order valence-electron chi connectivity index (χ4n) is 3.26. The predicted octanol–water partition coefficient (Wildman–Crippen LogP) is 1.05. The first-order chi connectivity index (χ1) is 9.06. The summed E-state index contributed by atoms with van der Waals surface area (Å²) >= 11 is 0. The second kappa shape index (κ2) is 5.70. The molecule has 0 radical (unpaired) electrons. The maximum atomic E-state index is 11.7. The maximum Gasteiger partial charge on any atom is 0.243 e. The Bertz CT molecular complexity index is 415. The molecule has 5 nitrogen and oxygen atoms in total. The van der Waals surface area contributed by atoms with E-state index in [1.54, 1.807) is 0 Å². The molecule has 4 atom stereocenters. The summed E-state index contributed by atoms with van der Waals surface area (Å²) in [4.78, 5) is 25.2. The zero-order valence-electron chi connectivity index (χ0n) is 11.6. The zero-order valence-corrected chi connectivity index (χ0v) is 11.6. The van der Waals surface area contributed by atoms with Gasteiger partial charge >= 0.3 is 0 Å². The van der Waals surface area contributed by atoms with Crippen LogP contribution < -0.4 is 5.32 Å². The Labute approximate surface area is 113 Å². The van der Waals surface area contributed by atoms with E-state index in [0.717, 1.165) is 25.7 Å². The third-order valence-electron chi connectivity index (χ3n) is 4.56. The van der Waals surface area contributed by atoms with Crippen molar-refractivity contribution in [2.45, 2.75) is 51.6 Å². The van der Waals surface area contributed by atoms with Gasteiger partial charge in [-0.1, -0.05) is 13.3 Å². The second-order valence-electron chi connectivity index (χ2n) is 5.65. The van der Waals surface area contributed by atoms with Crippen molar-refractivity contribution < 1.29 is 9.59 Å². The summed E-state index contributed by atoms with van der Waals surface area (Å²) in [5.41, 5.74) is 0. The number of hydrogen-bond acceptors (Lipinski definition) is 4. The molecule has 0 aromatic carbocycles. The number of nitrogens with one attached hydrogen (secondary N) is 1. The lowest BCUT2D eigenvalue weighted by atomic mass is 9.76. The van der Waals surface area contributed by atoms with E-state index in [2.05, 4.69) is 18.3 Å². The summed E-state index contributed by atoms with van der Waals surface area (Å²) in [6.07, 6.45) is 3.96. The minimum absolute atomic E-state index is 0.0358. The van der Waals surface area contributed by atoms with Crippen LogP contribution >= 0.6 is 0 Å². The highest BCUT2D eigenvalue weighted by atomic mass is 16.2. The molecule has 2 rings (SSSR count). The number of carbonyl (C=O) groups is 2. The van der Waals surface area contributed by atoms with Crippen molar-refractivity contribution in [3.8, 4) is 6.07 Å². The van der Waals surface area contributed by atoms with E-state index < -0.39 is 0 Å². The molecule has 2 aliphatic rings. The van der Waals surface area contributed by atoms with Crippen molar-refractivity contribution in [3.63, 3.8) is 0 Å². The Morgan fingerprint density at radius 2 is 2.16 bits per heavy atom. The van der Waals surface area contributed by atoms with Crippen LogP contribution in [0.3, 0.4) is 0 Å². The van der Waals surface area contributed by atoms with Gasteiger partial charge in [0, 0.05) is 6.04 Å². The van der Waals surface area contributed by atoms with Gasteiger partial charge in [0.05, 0.1) is 24.6 Å². The molecular formula is C14H21N3O2. The Kier molecular flexibility index (Phi) is 4.20. The van der Waals surface area contributed by atoms with Crippen molar-refractivity contribution in [3.05, 3.63) is 0 Å². The quantitative estimate of drug-likeness (QED) is 0.756. The summed E-state index contributed by atoms with van der Waals surface area (Å²) in [7, 11) is 0. The van der Waals surface area contributed by atoms with Crippen LogP contribution in [0.15, 0.2) is 0 Å². The highest BCUT2D eigenvalue weighted by molar-refractivity contribution is 6.00. The number of piperazine rings is 1. The first-order valence-corrected chi connectivity index (χ1v) is 7.05. The normalized spacial score (nSPS) is 36.7. The van der Waals surface area contributed by atoms with Crippen LogP contribution in [0.4, 0.5) is 0 Å². The van der Waals surface area contributed by atoms with E-state index in [1.165, 1.54) is 0 Å². The van der Waals surface area contributed by atoms with Crippen molar-refractivity contribution >= 4 is 11.8 Å². The Morgan fingerprint density at radius 1 is 1.42 bits per heavy atom. The third kappa shape index (κ3) is 2.79. The fraction of sp³-hybridized carbons (Fsp3) is 0.786. The molecule has 2 fully saturated rings. The molecule has 1 saturated heterocycles. The molecule has 5 heteroatoms. The summed E-state index contributed by atoms with van der Waals surface area (Å²) in [5.74, 6) is 0.0378. The van der Waals surface area contributed by atoms with E-state index in [0.29, 0.717) is 5.92 Å². The molecule has 1 aliphatic carbocycles. The highest BCUT2D eigenvalue weighted by Gasteiger charge is 2.41.